The van der Waals surface area contributed by atoms with Crippen LogP contribution in [0.15, 0.2) is 29.2 Å². The summed E-state index contributed by atoms with van der Waals surface area (Å²) in [5, 5.41) is 0. The highest BCUT2D eigenvalue weighted by molar-refractivity contribution is 7.89. The van der Waals surface area contributed by atoms with Crippen molar-refractivity contribution in [2.24, 2.45) is 11.7 Å². The van der Waals surface area contributed by atoms with E-state index in [0.717, 1.165) is 24.8 Å². The predicted octanol–water partition coefficient (Wildman–Crippen LogP) is 1.96. The quantitative estimate of drug-likeness (QED) is 0.921. The van der Waals surface area contributed by atoms with E-state index >= 15 is 0 Å². The molecule has 4 nitrogen and oxygen atoms in total. The van der Waals surface area contributed by atoms with Gasteiger partial charge in [-0.1, -0.05) is 19.1 Å². The summed E-state index contributed by atoms with van der Waals surface area (Å²) >= 11 is 0. The third-order valence-corrected chi connectivity index (χ3v) is 5.69. The van der Waals surface area contributed by atoms with Crippen LogP contribution in [-0.4, -0.2) is 25.8 Å². The molecule has 0 amide bonds. The molecule has 0 radical (unpaired) electrons. The number of hydrogen-bond donors (Lipinski definition) is 1. The van der Waals surface area contributed by atoms with E-state index in [9.17, 15) is 8.42 Å². The van der Waals surface area contributed by atoms with Crippen LogP contribution in [0.2, 0.25) is 0 Å². The van der Waals surface area contributed by atoms with Gasteiger partial charge in [0.25, 0.3) is 0 Å². The van der Waals surface area contributed by atoms with E-state index in [2.05, 4.69) is 6.92 Å². The summed E-state index contributed by atoms with van der Waals surface area (Å²) in [6.07, 6.45) is 3.00. The molecule has 106 valence electrons. The predicted molar refractivity (Wildman–Crippen MR) is 76.1 cm³/mol. The fourth-order valence-electron chi connectivity index (χ4n) is 2.42. The summed E-state index contributed by atoms with van der Waals surface area (Å²) in [4.78, 5) is 0.374. The van der Waals surface area contributed by atoms with Crippen LogP contribution in [0.25, 0.3) is 0 Å². The van der Waals surface area contributed by atoms with E-state index in [0.29, 0.717) is 30.4 Å². The van der Waals surface area contributed by atoms with Crippen molar-refractivity contribution in [3.05, 3.63) is 29.8 Å². The van der Waals surface area contributed by atoms with Gasteiger partial charge in [0, 0.05) is 19.6 Å². The summed E-state index contributed by atoms with van der Waals surface area (Å²) < 4.78 is 26.7. The smallest absolute Gasteiger partial charge is 0.243 e. The molecule has 0 aliphatic carbocycles. The molecular weight excluding hydrogens is 260 g/mol. The van der Waals surface area contributed by atoms with E-state index in [-0.39, 0.29) is 0 Å². The van der Waals surface area contributed by atoms with Gasteiger partial charge in [-0.3, -0.25) is 0 Å². The third kappa shape index (κ3) is 3.35. The van der Waals surface area contributed by atoms with Crippen molar-refractivity contribution in [1.82, 2.24) is 4.31 Å². The van der Waals surface area contributed by atoms with Crippen LogP contribution < -0.4 is 5.73 Å². The maximum Gasteiger partial charge on any atom is 0.243 e. The fraction of sp³-hybridized carbons (Fsp3) is 0.571. The minimum absolute atomic E-state index is 0.374. The van der Waals surface area contributed by atoms with E-state index in [1.165, 1.54) is 0 Å². The van der Waals surface area contributed by atoms with E-state index < -0.39 is 10.0 Å². The number of rotatable bonds is 3. The molecule has 1 saturated heterocycles. The van der Waals surface area contributed by atoms with Crippen molar-refractivity contribution in [3.63, 3.8) is 0 Å². The molecule has 0 bridgehead atoms. The van der Waals surface area contributed by atoms with Gasteiger partial charge in [0.1, 0.15) is 0 Å². The number of benzene rings is 1. The number of nitrogens with zero attached hydrogens (tertiary/aromatic N) is 1. The second kappa shape index (κ2) is 6.03. The Morgan fingerprint density at radius 2 is 1.89 bits per heavy atom. The first-order chi connectivity index (χ1) is 9.04. The van der Waals surface area contributed by atoms with E-state index in [4.69, 9.17) is 5.73 Å². The van der Waals surface area contributed by atoms with Crippen LogP contribution in [0.1, 0.15) is 31.7 Å². The van der Waals surface area contributed by atoms with Crippen LogP contribution in [-0.2, 0) is 16.6 Å². The summed E-state index contributed by atoms with van der Waals surface area (Å²) in [7, 11) is -3.34. The Bertz CT molecular complexity index is 511. The molecule has 5 heteroatoms. The molecule has 2 N–H and O–H groups in total. The van der Waals surface area contributed by atoms with Gasteiger partial charge >= 0.3 is 0 Å². The first-order valence-corrected chi connectivity index (χ1v) is 8.27. The molecule has 2 rings (SSSR count). The molecule has 0 aromatic heterocycles. The van der Waals surface area contributed by atoms with Gasteiger partial charge in [0.15, 0.2) is 0 Å². The molecule has 0 spiro atoms. The highest BCUT2D eigenvalue weighted by atomic mass is 32.2. The number of hydrogen-bond acceptors (Lipinski definition) is 3. The summed E-state index contributed by atoms with van der Waals surface area (Å²) in [6.45, 7) is 3.88. The van der Waals surface area contributed by atoms with Crippen molar-refractivity contribution >= 4 is 10.0 Å². The molecule has 1 atom stereocenters. The summed E-state index contributed by atoms with van der Waals surface area (Å²) in [6, 6.07) is 6.89. The average molecular weight is 282 g/mol. The van der Waals surface area contributed by atoms with Crippen LogP contribution in [0, 0.1) is 5.92 Å². The zero-order chi connectivity index (χ0) is 13.9. The Kier molecular flexibility index (Phi) is 4.60. The third-order valence-electron chi connectivity index (χ3n) is 3.77. The number of nitrogens with two attached hydrogens (primary N) is 1. The van der Waals surface area contributed by atoms with Gasteiger partial charge in [0.05, 0.1) is 4.90 Å². The molecule has 1 heterocycles. The van der Waals surface area contributed by atoms with Gasteiger partial charge in [-0.15, -0.1) is 0 Å². The normalized spacial score (nSPS) is 22.1. The van der Waals surface area contributed by atoms with E-state index in [1.54, 1.807) is 28.6 Å². The minimum atomic E-state index is -3.34. The van der Waals surface area contributed by atoms with Crippen molar-refractivity contribution in [1.29, 1.82) is 0 Å². The van der Waals surface area contributed by atoms with Crippen molar-refractivity contribution in [2.45, 2.75) is 37.6 Å². The van der Waals surface area contributed by atoms with Gasteiger partial charge < -0.3 is 5.73 Å². The van der Waals surface area contributed by atoms with Gasteiger partial charge in [0.2, 0.25) is 10.0 Å². The Morgan fingerprint density at radius 1 is 1.21 bits per heavy atom. The molecule has 19 heavy (non-hydrogen) atoms. The van der Waals surface area contributed by atoms with Crippen molar-refractivity contribution < 1.29 is 8.42 Å². The Morgan fingerprint density at radius 3 is 2.53 bits per heavy atom. The first-order valence-electron chi connectivity index (χ1n) is 6.83. The molecule has 1 aromatic carbocycles. The SMILES string of the molecule is CC1CCCN(S(=O)(=O)c2ccc(CN)cc2)CC1. The molecule has 1 aliphatic rings. The molecule has 1 aromatic rings. The Hall–Kier alpha value is -0.910. The minimum Gasteiger partial charge on any atom is -0.326 e. The zero-order valence-electron chi connectivity index (χ0n) is 11.4. The maximum absolute atomic E-state index is 12.5. The second-order valence-corrected chi connectivity index (χ2v) is 7.23. The Labute approximate surface area is 115 Å². The lowest BCUT2D eigenvalue weighted by Crippen LogP contribution is -2.32. The van der Waals surface area contributed by atoms with Gasteiger partial charge in [-0.2, -0.15) is 4.31 Å². The standard InChI is InChI=1S/C14H22N2O2S/c1-12-3-2-9-16(10-8-12)19(17,18)14-6-4-13(11-15)5-7-14/h4-7,12H,2-3,8-11,15H2,1H3. The van der Waals surface area contributed by atoms with Crippen LogP contribution in [0.3, 0.4) is 0 Å². The monoisotopic (exact) mass is 282 g/mol. The fourth-order valence-corrected chi connectivity index (χ4v) is 3.92. The largest absolute Gasteiger partial charge is 0.326 e. The lowest BCUT2D eigenvalue weighted by atomic mass is 10.0. The molecule has 1 aliphatic heterocycles. The topological polar surface area (TPSA) is 63.4 Å². The van der Waals surface area contributed by atoms with Crippen molar-refractivity contribution in [2.75, 3.05) is 13.1 Å². The van der Waals surface area contributed by atoms with Crippen molar-refractivity contribution in [3.8, 4) is 0 Å². The summed E-state index contributed by atoms with van der Waals surface area (Å²) in [5.41, 5.74) is 6.48. The summed E-state index contributed by atoms with van der Waals surface area (Å²) in [5.74, 6) is 0.611. The van der Waals surface area contributed by atoms with Crippen LogP contribution in [0.5, 0.6) is 0 Å². The first kappa shape index (κ1) is 14.5. The lowest BCUT2D eigenvalue weighted by Gasteiger charge is -2.20. The number of sulfonamides is 1. The van der Waals surface area contributed by atoms with Gasteiger partial charge in [-0.05, 0) is 42.9 Å². The van der Waals surface area contributed by atoms with Crippen LogP contribution >= 0.6 is 0 Å². The second-order valence-electron chi connectivity index (χ2n) is 5.29. The molecular formula is C14H22N2O2S. The molecule has 0 saturated carbocycles. The van der Waals surface area contributed by atoms with E-state index in [1.807, 2.05) is 0 Å². The molecule has 1 unspecified atom stereocenters. The van der Waals surface area contributed by atoms with Crippen LogP contribution in [0.4, 0.5) is 0 Å². The average Bonchev–Trinajstić information content (AvgIpc) is 2.64. The lowest BCUT2D eigenvalue weighted by molar-refractivity contribution is 0.417. The zero-order valence-corrected chi connectivity index (χ0v) is 12.2. The highest BCUT2D eigenvalue weighted by Gasteiger charge is 2.26. The highest BCUT2D eigenvalue weighted by Crippen LogP contribution is 2.23. The van der Waals surface area contributed by atoms with Gasteiger partial charge in [-0.25, -0.2) is 8.42 Å². The Balaban J connectivity index is 2.20. The maximum atomic E-state index is 12.5. The molecule has 1 fully saturated rings.